The van der Waals surface area contributed by atoms with Crippen molar-refractivity contribution in [1.82, 2.24) is 5.32 Å². The summed E-state index contributed by atoms with van der Waals surface area (Å²) in [7, 11) is 0. The predicted molar refractivity (Wildman–Crippen MR) is 85.3 cm³/mol. The molecule has 132 valence electrons. The number of anilines is 1. The van der Waals surface area contributed by atoms with Crippen LogP contribution in [0.15, 0.2) is 18.2 Å². The zero-order valence-corrected chi connectivity index (χ0v) is 13.8. The Morgan fingerprint density at radius 3 is 2.75 bits per heavy atom. The van der Waals surface area contributed by atoms with E-state index in [0.717, 1.165) is 6.07 Å². The molecule has 1 heterocycles. The van der Waals surface area contributed by atoms with Gasteiger partial charge in [-0.1, -0.05) is 6.92 Å². The van der Waals surface area contributed by atoms with Gasteiger partial charge in [-0.3, -0.25) is 9.59 Å². The van der Waals surface area contributed by atoms with Crippen LogP contribution in [0, 0.1) is 23.5 Å². The van der Waals surface area contributed by atoms with Gasteiger partial charge in [0.1, 0.15) is 11.6 Å². The maximum atomic E-state index is 13.8. The molecule has 24 heavy (non-hydrogen) atoms. The molecule has 7 heteroatoms. The summed E-state index contributed by atoms with van der Waals surface area (Å²) in [6.45, 7) is 4.06. The van der Waals surface area contributed by atoms with Crippen molar-refractivity contribution in [3.8, 4) is 0 Å². The maximum Gasteiger partial charge on any atom is 0.227 e. The fourth-order valence-electron chi connectivity index (χ4n) is 2.90. The lowest BCUT2D eigenvalue weighted by Crippen LogP contribution is -2.36. The highest BCUT2D eigenvalue weighted by Crippen LogP contribution is 2.28. The number of nitrogens with one attached hydrogen (secondary N) is 1. The molecule has 3 unspecified atom stereocenters. The molecule has 2 N–H and O–H groups in total. The lowest BCUT2D eigenvalue weighted by molar-refractivity contribution is -0.126. The molecule has 0 aromatic heterocycles. The average molecular weight is 340 g/mol. The molecular formula is C17H22F2N2O3. The molecule has 3 atom stereocenters. The molecule has 0 saturated carbocycles. The smallest absolute Gasteiger partial charge is 0.227 e. The summed E-state index contributed by atoms with van der Waals surface area (Å²) in [5.41, 5.74) is -0.0147. The molecule has 0 bridgehead atoms. The second kappa shape index (κ2) is 7.70. The molecule has 1 fully saturated rings. The first-order valence-electron chi connectivity index (χ1n) is 7.99. The van der Waals surface area contributed by atoms with E-state index < -0.39 is 23.7 Å². The zero-order chi connectivity index (χ0) is 17.9. The second-order valence-corrected chi connectivity index (χ2v) is 6.44. The average Bonchev–Trinajstić information content (AvgIpc) is 2.86. The monoisotopic (exact) mass is 340 g/mol. The zero-order valence-electron chi connectivity index (χ0n) is 13.8. The van der Waals surface area contributed by atoms with Crippen molar-refractivity contribution < 1.29 is 23.5 Å². The van der Waals surface area contributed by atoms with Gasteiger partial charge in [-0.2, -0.15) is 0 Å². The van der Waals surface area contributed by atoms with E-state index >= 15 is 0 Å². The van der Waals surface area contributed by atoms with Crippen molar-refractivity contribution in [3.63, 3.8) is 0 Å². The lowest BCUT2D eigenvalue weighted by atomic mass is 10.0. The second-order valence-electron chi connectivity index (χ2n) is 6.44. The van der Waals surface area contributed by atoms with Crippen molar-refractivity contribution >= 4 is 17.5 Å². The molecule has 0 spiro atoms. The van der Waals surface area contributed by atoms with Crippen molar-refractivity contribution in [1.29, 1.82) is 0 Å². The van der Waals surface area contributed by atoms with Gasteiger partial charge >= 0.3 is 0 Å². The topological polar surface area (TPSA) is 69.6 Å². The van der Waals surface area contributed by atoms with Crippen LogP contribution >= 0.6 is 0 Å². The van der Waals surface area contributed by atoms with Crippen LogP contribution in [0.3, 0.4) is 0 Å². The van der Waals surface area contributed by atoms with E-state index in [-0.39, 0.29) is 36.4 Å². The molecule has 0 aliphatic carbocycles. The third-order valence-electron chi connectivity index (χ3n) is 4.06. The van der Waals surface area contributed by atoms with Gasteiger partial charge in [0.2, 0.25) is 11.8 Å². The number of halogens is 2. The highest BCUT2D eigenvalue weighted by Gasteiger charge is 2.36. The summed E-state index contributed by atoms with van der Waals surface area (Å²) in [5, 5.41) is 12.1. The van der Waals surface area contributed by atoms with Crippen molar-refractivity contribution in [2.24, 2.45) is 11.8 Å². The molecular weight excluding hydrogens is 318 g/mol. The van der Waals surface area contributed by atoms with Gasteiger partial charge in [0.05, 0.1) is 17.7 Å². The SMILES string of the molecule is CC(O)CC(C)CNC(=O)C1CC(=O)N(c2ccc(F)cc2F)C1. The summed E-state index contributed by atoms with van der Waals surface area (Å²) in [6.07, 6.45) is 0.117. The number of benzene rings is 1. The number of amides is 2. The number of hydrogen-bond acceptors (Lipinski definition) is 3. The van der Waals surface area contributed by atoms with E-state index in [1.165, 1.54) is 11.0 Å². The summed E-state index contributed by atoms with van der Waals surface area (Å²) >= 11 is 0. The Morgan fingerprint density at radius 1 is 1.42 bits per heavy atom. The molecule has 1 aromatic carbocycles. The Labute approximate surface area is 139 Å². The third-order valence-corrected chi connectivity index (χ3v) is 4.06. The van der Waals surface area contributed by atoms with E-state index in [0.29, 0.717) is 19.0 Å². The van der Waals surface area contributed by atoms with E-state index in [1.807, 2.05) is 6.92 Å². The van der Waals surface area contributed by atoms with E-state index in [4.69, 9.17) is 0 Å². The number of nitrogens with zero attached hydrogens (tertiary/aromatic N) is 1. The molecule has 1 aromatic rings. The fraction of sp³-hybridized carbons (Fsp3) is 0.529. The molecule has 0 radical (unpaired) electrons. The minimum Gasteiger partial charge on any atom is -0.393 e. The molecule has 1 aliphatic rings. The predicted octanol–water partition coefficient (Wildman–Crippen LogP) is 1.84. The minimum absolute atomic E-state index is 0.00651. The lowest BCUT2D eigenvalue weighted by Gasteiger charge is -2.18. The normalized spacial score (nSPS) is 20.1. The van der Waals surface area contributed by atoms with Crippen molar-refractivity contribution in [3.05, 3.63) is 29.8 Å². The Hall–Kier alpha value is -2.02. The Bertz CT molecular complexity index is 622. The number of carbonyl (C=O) groups excluding carboxylic acids is 2. The van der Waals surface area contributed by atoms with Gasteiger partial charge in [-0.05, 0) is 31.4 Å². The summed E-state index contributed by atoms with van der Waals surface area (Å²) in [4.78, 5) is 25.4. The van der Waals surface area contributed by atoms with Crippen LogP contribution in [0.2, 0.25) is 0 Å². The molecule has 5 nitrogen and oxygen atoms in total. The third kappa shape index (κ3) is 4.50. The van der Waals surface area contributed by atoms with Gasteiger partial charge in [0.25, 0.3) is 0 Å². The van der Waals surface area contributed by atoms with Crippen LogP contribution in [0.25, 0.3) is 0 Å². The van der Waals surface area contributed by atoms with E-state index in [1.54, 1.807) is 6.92 Å². The first kappa shape index (κ1) is 18.3. The largest absolute Gasteiger partial charge is 0.393 e. The van der Waals surface area contributed by atoms with E-state index in [9.17, 15) is 23.5 Å². The van der Waals surface area contributed by atoms with Gasteiger partial charge < -0.3 is 15.3 Å². The summed E-state index contributed by atoms with van der Waals surface area (Å²) < 4.78 is 26.8. The number of rotatable bonds is 6. The standard InChI is InChI=1S/C17H22F2N2O3/c1-10(5-11(2)22)8-20-17(24)12-6-16(23)21(9-12)15-4-3-13(18)7-14(15)19/h3-4,7,10-12,22H,5-6,8-9H2,1-2H3,(H,20,24). The van der Waals surface area contributed by atoms with Crippen LogP contribution in [0.1, 0.15) is 26.7 Å². The van der Waals surface area contributed by atoms with Crippen LogP contribution < -0.4 is 10.2 Å². The highest BCUT2D eigenvalue weighted by molar-refractivity contribution is 6.00. The molecule has 2 rings (SSSR count). The van der Waals surface area contributed by atoms with Gasteiger partial charge in [0.15, 0.2) is 0 Å². The first-order chi connectivity index (χ1) is 11.3. The molecule has 1 aliphatic heterocycles. The van der Waals surface area contributed by atoms with Crippen LogP contribution in [0.4, 0.5) is 14.5 Å². The first-order valence-corrected chi connectivity index (χ1v) is 7.99. The minimum atomic E-state index is -0.824. The summed E-state index contributed by atoms with van der Waals surface area (Å²) in [6, 6.07) is 3.00. The Balaban J connectivity index is 1.95. The van der Waals surface area contributed by atoms with Crippen molar-refractivity contribution in [2.75, 3.05) is 18.0 Å². The number of aliphatic hydroxyl groups excluding tert-OH is 1. The van der Waals surface area contributed by atoms with Gasteiger partial charge in [-0.25, -0.2) is 8.78 Å². The number of hydrogen-bond donors (Lipinski definition) is 2. The Morgan fingerprint density at radius 2 is 2.12 bits per heavy atom. The Kier molecular flexibility index (Phi) is 5.88. The number of aliphatic hydroxyl groups is 1. The van der Waals surface area contributed by atoms with Crippen LogP contribution in [0.5, 0.6) is 0 Å². The fourth-order valence-corrected chi connectivity index (χ4v) is 2.90. The van der Waals surface area contributed by atoms with Crippen molar-refractivity contribution in [2.45, 2.75) is 32.8 Å². The highest BCUT2D eigenvalue weighted by atomic mass is 19.1. The maximum absolute atomic E-state index is 13.8. The number of carbonyl (C=O) groups is 2. The van der Waals surface area contributed by atoms with Gasteiger partial charge in [0, 0.05) is 25.6 Å². The quantitative estimate of drug-likeness (QED) is 0.830. The van der Waals surface area contributed by atoms with Crippen LogP contribution in [-0.2, 0) is 9.59 Å². The summed E-state index contributed by atoms with van der Waals surface area (Å²) in [5.74, 6) is -2.64. The van der Waals surface area contributed by atoms with Crippen LogP contribution in [-0.4, -0.2) is 36.1 Å². The van der Waals surface area contributed by atoms with Gasteiger partial charge in [-0.15, -0.1) is 0 Å². The van der Waals surface area contributed by atoms with E-state index in [2.05, 4.69) is 5.32 Å². The molecule has 1 saturated heterocycles. The molecule has 2 amide bonds.